The molecule has 13 nitrogen and oxygen atoms in total. The van der Waals surface area contributed by atoms with Gasteiger partial charge in [-0.25, -0.2) is 14.1 Å². The fraction of sp³-hybridized carbons (Fsp3) is 0.258. The van der Waals surface area contributed by atoms with Crippen molar-refractivity contribution in [1.29, 1.82) is 0 Å². The molecule has 1 amide bonds. The van der Waals surface area contributed by atoms with E-state index in [1.165, 1.54) is 10.6 Å². The number of aromatic nitrogens is 6. The Hall–Kier alpha value is -5.50. The number of methoxy groups -OCH3 is 1. The van der Waals surface area contributed by atoms with Crippen molar-refractivity contribution in [2.45, 2.75) is 6.04 Å². The van der Waals surface area contributed by atoms with Crippen LogP contribution in [-0.2, 0) is 9.53 Å². The van der Waals surface area contributed by atoms with Crippen LogP contribution in [0.15, 0.2) is 77.5 Å². The summed E-state index contributed by atoms with van der Waals surface area (Å²) in [6, 6.07) is 17.0. The molecule has 1 saturated heterocycles. The Labute approximate surface area is 256 Å². The first-order chi connectivity index (χ1) is 22.0. The fourth-order valence-electron chi connectivity index (χ4n) is 5.55. The number of rotatable bonds is 9. The molecule has 7 rings (SSSR count). The molecule has 0 aliphatic carbocycles. The number of furan rings is 1. The molecule has 6 aromatic rings. The molecule has 2 N–H and O–H groups in total. The predicted octanol–water partition coefficient (Wildman–Crippen LogP) is 3.42. The van der Waals surface area contributed by atoms with Gasteiger partial charge in [0, 0.05) is 45.0 Å². The minimum atomic E-state index is -0.807. The first kappa shape index (κ1) is 28.3. The summed E-state index contributed by atoms with van der Waals surface area (Å²) in [7, 11) is 1.56. The van der Waals surface area contributed by atoms with Crippen LogP contribution in [0, 0.1) is 5.82 Å². The number of carbonyl (C=O) groups excluding carboxylic acids is 1. The van der Waals surface area contributed by atoms with E-state index in [0.717, 1.165) is 11.3 Å². The van der Waals surface area contributed by atoms with Gasteiger partial charge in [-0.15, -0.1) is 5.10 Å². The number of nitrogens with two attached hydrogens (primary N) is 1. The van der Waals surface area contributed by atoms with Crippen molar-refractivity contribution in [3.63, 3.8) is 0 Å². The number of carbonyl (C=O) groups is 1. The lowest BCUT2D eigenvalue weighted by atomic mass is 10.0. The third kappa shape index (κ3) is 5.29. The smallest absolute Gasteiger partial charge is 0.252 e. The zero-order valence-corrected chi connectivity index (χ0v) is 24.4. The highest BCUT2D eigenvalue weighted by molar-refractivity contribution is 5.92. The zero-order valence-electron chi connectivity index (χ0n) is 24.4. The summed E-state index contributed by atoms with van der Waals surface area (Å²) in [6.45, 7) is 2.56. The van der Waals surface area contributed by atoms with Crippen molar-refractivity contribution >= 4 is 34.2 Å². The highest BCUT2D eigenvalue weighted by Crippen LogP contribution is 2.30. The van der Waals surface area contributed by atoms with Gasteiger partial charge in [-0.2, -0.15) is 14.6 Å². The molecule has 2 aromatic carbocycles. The third-order valence-electron chi connectivity index (χ3n) is 7.81. The standard InChI is InChI=1S/C31H30FN9O4/c1-43-16-17-45-24-10-9-21(18-23(24)32)38-11-13-39(14-12-38)30(42)26(20-6-3-2-4-7-20)40-29-22(19-34-40)28-35-27(25-8-5-15-44-25)37-41(28)31(33)36-29/h2-10,15,18-19,26H,11-14,16-17H2,1H3,(H2,33,36). The number of hydrogen-bond donors (Lipinski definition) is 1. The maximum Gasteiger partial charge on any atom is 0.252 e. The van der Waals surface area contributed by atoms with Crippen LogP contribution in [0.2, 0.25) is 0 Å². The average Bonchev–Trinajstić information content (AvgIpc) is 3.84. The largest absolute Gasteiger partial charge is 0.488 e. The van der Waals surface area contributed by atoms with Gasteiger partial charge in [-0.1, -0.05) is 30.3 Å². The maximum absolute atomic E-state index is 14.7. The molecule has 0 bridgehead atoms. The summed E-state index contributed by atoms with van der Waals surface area (Å²) in [6.07, 6.45) is 3.16. The van der Waals surface area contributed by atoms with Crippen molar-refractivity contribution in [3.8, 4) is 17.3 Å². The average molecular weight is 612 g/mol. The highest BCUT2D eigenvalue weighted by Gasteiger charge is 2.33. The number of nitrogen functional groups attached to an aromatic ring is 1. The van der Waals surface area contributed by atoms with Crippen LogP contribution in [0.3, 0.4) is 0 Å². The van der Waals surface area contributed by atoms with Gasteiger partial charge in [0.15, 0.2) is 34.7 Å². The number of fused-ring (bicyclic) bond motifs is 3. The van der Waals surface area contributed by atoms with E-state index in [1.54, 1.807) is 47.4 Å². The number of ether oxygens (including phenoxy) is 2. The number of piperazine rings is 1. The minimum Gasteiger partial charge on any atom is -0.488 e. The molecule has 1 unspecified atom stereocenters. The molecule has 1 fully saturated rings. The molecule has 1 aliphatic rings. The second kappa shape index (κ2) is 11.9. The van der Waals surface area contributed by atoms with Gasteiger partial charge in [-0.3, -0.25) is 4.79 Å². The molecule has 1 aliphatic heterocycles. The molecule has 230 valence electrons. The van der Waals surface area contributed by atoms with E-state index in [-0.39, 0.29) is 24.2 Å². The Bertz CT molecular complexity index is 1950. The van der Waals surface area contributed by atoms with Crippen molar-refractivity contribution < 1.29 is 23.1 Å². The Morgan fingerprint density at radius 1 is 1.02 bits per heavy atom. The molecule has 5 heterocycles. The Morgan fingerprint density at radius 3 is 2.58 bits per heavy atom. The lowest BCUT2D eigenvalue weighted by Crippen LogP contribution is -2.51. The molecule has 45 heavy (non-hydrogen) atoms. The highest BCUT2D eigenvalue weighted by atomic mass is 19.1. The van der Waals surface area contributed by atoms with Gasteiger partial charge in [0.1, 0.15) is 6.61 Å². The van der Waals surface area contributed by atoms with Crippen LogP contribution in [0.5, 0.6) is 5.75 Å². The molecular formula is C31H30FN9O4. The predicted molar refractivity (Wildman–Crippen MR) is 163 cm³/mol. The van der Waals surface area contributed by atoms with Crippen LogP contribution in [0.25, 0.3) is 28.3 Å². The molecule has 0 radical (unpaired) electrons. The van der Waals surface area contributed by atoms with E-state index in [1.807, 2.05) is 41.3 Å². The molecule has 14 heteroatoms. The van der Waals surface area contributed by atoms with E-state index in [2.05, 4.69) is 20.2 Å². The number of hydrogen-bond acceptors (Lipinski definition) is 10. The van der Waals surface area contributed by atoms with Crippen molar-refractivity contribution in [3.05, 3.63) is 84.5 Å². The third-order valence-corrected chi connectivity index (χ3v) is 7.81. The first-order valence-corrected chi connectivity index (χ1v) is 14.4. The van der Waals surface area contributed by atoms with Crippen LogP contribution in [0.4, 0.5) is 16.0 Å². The van der Waals surface area contributed by atoms with E-state index >= 15 is 0 Å². The van der Waals surface area contributed by atoms with Crippen LogP contribution >= 0.6 is 0 Å². The van der Waals surface area contributed by atoms with E-state index in [4.69, 9.17) is 19.6 Å². The summed E-state index contributed by atoms with van der Waals surface area (Å²) in [5.74, 6) is 0.537. The number of nitrogens with zero attached hydrogens (tertiary/aromatic N) is 8. The second-order valence-corrected chi connectivity index (χ2v) is 10.5. The maximum atomic E-state index is 14.7. The van der Waals surface area contributed by atoms with Gasteiger partial charge in [0.2, 0.25) is 11.8 Å². The lowest BCUT2D eigenvalue weighted by molar-refractivity contribution is -0.134. The topological polar surface area (TPSA) is 142 Å². The Balaban J connectivity index is 1.16. The summed E-state index contributed by atoms with van der Waals surface area (Å²) >= 11 is 0. The number of benzene rings is 2. The van der Waals surface area contributed by atoms with Crippen LogP contribution < -0.4 is 15.4 Å². The van der Waals surface area contributed by atoms with Gasteiger partial charge in [0.05, 0.1) is 24.5 Å². The number of amides is 1. The minimum absolute atomic E-state index is 0.0970. The molecule has 4 aromatic heterocycles. The zero-order chi connectivity index (χ0) is 30.9. The quantitative estimate of drug-likeness (QED) is 0.242. The van der Waals surface area contributed by atoms with Gasteiger partial charge >= 0.3 is 0 Å². The second-order valence-electron chi connectivity index (χ2n) is 10.5. The number of anilines is 2. The molecule has 0 spiro atoms. The summed E-state index contributed by atoms with van der Waals surface area (Å²) in [4.78, 5) is 27.4. The monoisotopic (exact) mass is 611 g/mol. The van der Waals surface area contributed by atoms with Crippen LogP contribution in [0.1, 0.15) is 11.6 Å². The van der Waals surface area contributed by atoms with E-state index < -0.39 is 11.9 Å². The van der Waals surface area contributed by atoms with Crippen molar-refractivity contribution in [1.82, 2.24) is 34.3 Å². The molecule has 1 atom stereocenters. The SMILES string of the molecule is COCCOc1ccc(N2CCN(C(=O)C(c3ccccc3)n3ncc4c3nc(N)n3nc(-c5ccco5)nc43)CC2)cc1F. The van der Waals surface area contributed by atoms with Crippen LogP contribution in [-0.4, -0.2) is 86.7 Å². The number of halogens is 1. The van der Waals surface area contributed by atoms with Gasteiger partial charge < -0.3 is 29.4 Å². The Kier molecular flexibility index (Phi) is 7.47. The van der Waals surface area contributed by atoms with E-state index in [0.29, 0.717) is 61.1 Å². The summed E-state index contributed by atoms with van der Waals surface area (Å²) in [5, 5.41) is 9.68. The van der Waals surface area contributed by atoms with Gasteiger partial charge in [0.25, 0.3) is 5.91 Å². The molecular weight excluding hydrogens is 581 g/mol. The lowest BCUT2D eigenvalue weighted by Gasteiger charge is -2.37. The van der Waals surface area contributed by atoms with Gasteiger partial charge in [-0.05, 0) is 29.8 Å². The summed E-state index contributed by atoms with van der Waals surface area (Å²) < 4.78 is 33.6. The normalized spacial score (nSPS) is 14.4. The molecule has 0 saturated carbocycles. The Morgan fingerprint density at radius 2 is 1.84 bits per heavy atom. The first-order valence-electron chi connectivity index (χ1n) is 14.4. The fourth-order valence-corrected chi connectivity index (χ4v) is 5.55. The summed E-state index contributed by atoms with van der Waals surface area (Å²) in [5.41, 5.74) is 8.66. The van der Waals surface area contributed by atoms with Crippen molar-refractivity contribution in [2.75, 3.05) is 57.1 Å². The van der Waals surface area contributed by atoms with E-state index in [9.17, 15) is 9.18 Å². The van der Waals surface area contributed by atoms with Crippen molar-refractivity contribution in [2.24, 2.45) is 0 Å².